The summed E-state index contributed by atoms with van der Waals surface area (Å²) < 4.78 is 0. The first kappa shape index (κ1) is 21.4. The minimum atomic E-state index is -0.0602. The van der Waals surface area contributed by atoms with Crippen molar-refractivity contribution in [3.8, 4) is 11.3 Å². The zero-order valence-electron chi connectivity index (χ0n) is 15.9. The summed E-state index contributed by atoms with van der Waals surface area (Å²) in [6, 6.07) is 13.1. The molecule has 1 amide bonds. The molecule has 0 atom stereocenters. The molecule has 1 aliphatic rings. The number of nitrogens with zero attached hydrogens (tertiary/aromatic N) is 3. The number of aromatic nitrogens is 1. The van der Waals surface area contributed by atoms with Gasteiger partial charge in [-0.25, -0.2) is 4.98 Å². The summed E-state index contributed by atoms with van der Waals surface area (Å²) in [5.74, 6) is -0.0602. The normalized spacial score (nSPS) is 14.7. The fraction of sp³-hybridized carbons (Fsp3) is 0.238. The van der Waals surface area contributed by atoms with Crippen LogP contribution >= 0.6 is 46.1 Å². The lowest BCUT2D eigenvalue weighted by Gasteiger charge is -2.35. The van der Waals surface area contributed by atoms with Crippen LogP contribution in [0.4, 0.5) is 10.8 Å². The predicted molar refractivity (Wildman–Crippen MR) is 126 cm³/mol. The molecule has 1 aromatic heterocycles. The summed E-state index contributed by atoms with van der Waals surface area (Å²) in [7, 11) is 0. The number of benzene rings is 2. The molecule has 0 radical (unpaired) electrons. The fourth-order valence-electron chi connectivity index (χ4n) is 3.29. The Balaban J connectivity index is 1.28. The molecule has 9 heteroatoms. The van der Waals surface area contributed by atoms with E-state index in [2.05, 4.69) is 20.1 Å². The Morgan fingerprint density at radius 3 is 2.43 bits per heavy atom. The molecule has 4 rings (SSSR count). The Kier molecular flexibility index (Phi) is 6.80. The van der Waals surface area contributed by atoms with Crippen molar-refractivity contribution in [2.75, 3.05) is 42.9 Å². The van der Waals surface area contributed by atoms with E-state index in [0.29, 0.717) is 26.7 Å². The lowest BCUT2D eigenvalue weighted by atomic mass is 10.2. The number of amides is 1. The minimum Gasteiger partial charge on any atom is -0.369 e. The van der Waals surface area contributed by atoms with Crippen LogP contribution in [0.15, 0.2) is 47.8 Å². The van der Waals surface area contributed by atoms with E-state index in [1.807, 2.05) is 47.8 Å². The van der Waals surface area contributed by atoms with Crippen molar-refractivity contribution in [1.29, 1.82) is 0 Å². The quantitative estimate of drug-likeness (QED) is 0.520. The van der Waals surface area contributed by atoms with Crippen LogP contribution in [-0.2, 0) is 4.79 Å². The monoisotopic (exact) mass is 480 g/mol. The standard InChI is InChI=1S/C21H19Cl3N4OS/c22-15-3-1-14(2-4-15)19-13-30-21(25-19)26-20(29)12-27-7-9-28(10-8-27)16-5-6-17(23)18(24)11-16/h1-6,11,13H,7-10,12H2,(H,25,26,29). The van der Waals surface area contributed by atoms with Gasteiger partial charge in [0.15, 0.2) is 5.13 Å². The van der Waals surface area contributed by atoms with Crippen LogP contribution in [0.1, 0.15) is 0 Å². The smallest absolute Gasteiger partial charge is 0.240 e. The predicted octanol–water partition coefficient (Wildman–Crippen LogP) is 5.53. The minimum absolute atomic E-state index is 0.0602. The first-order chi connectivity index (χ1) is 14.5. The molecule has 0 bridgehead atoms. The van der Waals surface area contributed by atoms with Crippen LogP contribution in [-0.4, -0.2) is 48.5 Å². The number of thiazole rings is 1. The van der Waals surface area contributed by atoms with Gasteiger partial charge in [-0.15, -0.1) is 11.3 Å². The highest BCUT2D eigenvalue weighted by Crippen LogP contribution is 2.28. The Morgan fingerprint density at radius 2 is 1.73 bits per heavy atom. The van der Waals surface area contributed by atoms with E-state index in [-0.39, 0.29) is 5.91 Å². The maximum absolute atomic E-state index is 12.5. The molecule has 5 nitrogen and oxygen atoms in total. The molecular formula is C21H19Cl3N4OS. The van der Waals surface area contributed by atoms with Gasteiger partial charge < -0.3 is 10.2 Å². The van der Waals surface area contributed by atoms with Gasteiger partial charge in [-0.05, 0) is 30.3 Å². The second-order valence-corrected chi connectivity index (χ2v) is 9.06. The highest BCUT2D eigenvalue weighted by atomic mass is 35.5. The molecule has 1 saturated heterocycles. The molecule has 0 unspecified atom stereocenters. The molecule has 2 heterocycles. The van der Waals surface area contributed by atoms with Crippen molar-refractivity contribution in [2.45, 2.75) is 0 Å². The number of carbonyl (C=O) groups is 1. The summed E-state index contributed by atoms with van der Waals surface area (Å²) >= 11 is 19.5. The van der Waals surface area contributed by atoms with Gasteiger partial charge in [0.25, 0.3) is 0 Å². The van der Waals surface area contributed by atoms with Crippen molar-refractivity contribution in [2.24, 2.45) is 0 Å². The Morgan fingerprint density at radius 1 is 1.00 bits per heavy atom. The summed E-state index contributed by atoms with van der Waals surface area (Å²) in [5.41, 5.74) is 2.84. The molecule has 0 aliphatic carbocycles. The van der Waals surface area contributed by atoms with E-state index in [1.54, 1.807) is 0 Å². The summed E-state index contributed by atoms with van der Waals surface area (Å²) in [5, 5.41) is 7.21. The number of rotatable bonds is 5. The van der Waals surface area contributed by atoms with E-state index in [9.17, 15) is 4.79 Å². The van der Waals surface area contributed by atoms with Crippen molar-refractivity contribution in [3.05, 3.63) is 62.9 Å². The van der Waals surface area contributed by atoms with Crippen molar-refractivity contribution in [3.63, 3.8) is 0 Å². The molecule has 156 valence electrons. The number of hydrogen-bond acceptors (Lipinski definition) is 5. The number of nitrogens with one attached hydrogen (secondary N) is 1. The lowest BCUT2D eigenvalue weighted by Crippen LogP contribution is -2.48. The van der Waals surface area contributed by atoms with Gasteiger partial charge in [0.1, 0.15) is 0 Å². The first-order valence-electron chi connectivity index (χ1n) is 9.41. The number of piperazine rings is 1. The van der Waals surface area contributed by atoms with Crippen molar-refractivity contribution < 1.29 is 4.79 Å². The number of halogens is 3. The van der Waals surface area contributed by atoms with Crippen molar-refractivity contribution >= 4 is 62.9 Å². The molecule has 0 saturated carbocycles. The summed E-state index contributed by atoms with van der Waals surface area (Å²) in [4.78, 5) is 21.3. The van der Waals surface area contributed by atoms with Crippen molar-refractivity contribution in [1.82, 2.24) is 9.88 Å². The molecule has 0 spiro atoms. The fourth-order valence-corrected chi connectivity index (χ4v) is 4.45. The number of carbonyl (C=O) groups excluding carboxylic acids is 1. The third-order valence-electron chi connectivity index (χ3n) is 4.90. The highest BCUT2D eigenvalue weighted by Gasteiger charge is 2.20. The molecule has 30 heavy (non-hydrogen) atoms. The van der Waals surface area contributed by atoms with E-state index in [4.69, 9.17) is 34.8 Å². The zero-order valence-corrected chi connectivity index (χ0v) is 19.0. The van der Waals surface area contributed by atoms with E-state index in [0.717, 1.165) is 43.1 Å². The average molecular weight is 482 g/mol. The second kappa shape index (κ2) is 9.54. The Hall–Kier alpha value is -1.83. The second-order valence-electron chi connectivity index (χ2n) is 6.95. The van der Waals surface area contributed by atoms with Crippen LogP contribution in [0.2, 0.25) is 15.1 Å². The summed E-state index contributed by atoms with van der Waals surface area (Å²) in [6.45, 7) is 3.57. The molecule has 1 N–H and O–H groups in total. The van der Waals surface area contributed by atoms with Crippen LogP contribution < -0.4 is 10.2 Å². The zero-order chi connectivity index (χ0) is 21.1. The third kappa shape index (κ3) is 5.25. The maximum atomic E-state index is 12.5. The Labute approximate surface area is 194 Å². The molecular weight excluding hydrogens is 463 g/mol. The van der Waals surface area contributed by atoms with E-state index >= 15 is 0 Å². The maximum Gasteiger partial charge on any atom is 0.240 e. The average Bonchev–Trinajstić information content (AvgIpc) is 3.19. The van der Waals surface area contributed by atoms with E-state index < -0.39 is 0 Å². The van der Waals surface area contributed by atoms with Crippen LogP contribution in [0.5, 0.6) is 0 Å². The first-order valence-corrected chi connectivity index (χ1v) is 11.4. The van der Waals surface area contributed by atoms with Gasteiger partial charge >= 0.3 is 0 Å². The van der Waals surface area contributed by atoms with Gasteiger partial charge in [-0.2, -0.15) is 0 Å². The SMILES string of the molecule is O=C(CN1CCN(c2ccc(Cl)c(Cl)c2)CC1)Nc1nc(-c2ccc(Cl)cc2)cs1. The molecule has 1 aliphatic heterocycles. The van der Waals surface area contributed by atoms with Gasteiger partial charge in [-0.1, -0.05) is 46.9 Å². The van der Waals surface area contributed by atoms with Crippen LogP contribution in [0, 0.1) is 0 Å². The molecule has 2 aromatic carbocycles. The van der Waals surface area contributed by atoms with Gasteiger partial charge in [0, 0.05) is 47.8 Å². The third-order valence-corrected chi connectivity index (χ3v) is 6.65. The Bertz CT molecular complexity index is 1030. The largest absolute Gasteiger partial charge is 0.369 e. The van der Waals surface area contributed by atoms with Gasteiger partial charge in [0.2, 0.25) is 5.91 Å². The number of hydrogen-bond donors (Lipinski definition) is 1. The topological polar surface area (TPSA) is 48.5 Å². The number of anilines is 2. The highest BCUT2D eigenvalue weighted by molar-refractivity contribution is 7.14. The van der Waals surface area contributed by atoms with E-state index in [1.165, 1.54) is 11.3 Å². The van der Waals surface area contributed by atoms with Crippen LogP contribution in [0.3, 0.4) is 0 Å². The molecule has 3 aromatic rings. The lowest BCUT2D eigenvalue weighted by molar-refractivity contribution is -0.117. The van der Waals surface area contributed by atoms with Crippen LogP contribution in [0.25, 0.3) is 11.3 Å². The van der Waals surface area contributed by atoms with Gasteiger partial charge in [0.05, 0.1) is 22.3 Å². The van der Waals surface area contributed by atoms with Gasteiger partial charge in [-0.3, -0.25) is 9.69 Å². The molecule has 1 fully saturated rings. The summed E-state index contributed by atoms with van der Waals surface area (Å²) in [6.07, 6.45) is 0.